The van der Waals surface area contributed by atoms with Gasteiger partial charge in [0.05, 0.1) is 5.52 Å². The van der Waals surface area contributed by atoms with E-state index in [9.17, 15) is 4.79 Å². The van der Waals surface area contributed by atoms with E-state index in [0.717, 1.165) is 28.7 Å². The van der Waals surface area contributed by atoms with Gasteiger partial charge in [0, 0.05) is 29.6 Å². The Morgan fingerprint density at radius 1 is 1.19 bits per heavy atom. The molecule has 0 saturated heterocycles. The van der Waals surface area contributed by atoms with Gasteiger partial charge < -0.3 is 8.98 Å². The van der Waals surface area contributed by atoms with Crippen LogP contribution >= 0.6 is 23.1 Å². The molecule has 0 radical (unpaired) electrons. The maximum absolute atomic E-state index is 12.1. The van der Waals surface area contributed by atoms with Gasteiger partial charge in [-0.2, -0.15) is 0 Å². The minimum absolute atomic E-state index is 0.307. The summed E-state index contributed by atoms with van der Waals surface area (Å²) in [7, 11) is 0. The molecule has 8 heteroatoms. The fraction of sp³-hybridized carbons (Fsp3) is 0.316. The number of benzene rings is 1. The highest BCUT2D eigenvalue weighted by molar-refractivity contribution is 7.99. The predicted molar refractivity (Wildman–Crippen MR) is 107 cm³/mol. The Labute approximate surface area is 163 Å². The van der Waals surface area contributed by atoms with Crippen molar-refractivity contribution in [2.45, 2.75) is 37.0 Å². The second-order valence-corrected chi connectivity index (χ2v) is 8.69. The van der Waals surface area contributed by atoms with Crippen LogP contribution in [-0.4, -0.2) is 25.1 Å². The molecule has 27 heavy (non-hydrogen) atoms. The van der Waals surface area contributed by atoms with Gasteiger partial charge >= 0.3 is 5.76 Å². The van der Waals surface area contributed by atoms with E-state index in [-0.39, 0.29) is 5.76 Å². The zero-order valence-corrected chi connectivity index (χ0v) is 16.2. The smallest absolute Gasteiger partial charge is 0.408 e. The van der Waals surface area contributed by atoms with E-state index in [0.29, 0.717) is 18.2 Å². The largest absolute Gasteiger partial charge is 0.419 e. The fourth-order valence-corrected chi connectivity index (χ4v) is 4.90. The van der Waals surface area contributed by atoms with Gasteiger partial charge in [0.1, 0.15) is 5.82 Å². The van der Waals surface area contributed by atoms with Gasteiger partial charge in [0.2, 0.25) is 0 Å². The number of oxazole rings is 1. The molecular formula is C19H18N4O2S2. The summed E-state index contributed by atoms with van der Waals surface area (Å²) in [6, 6.07) is 12.3. The monoisotopic (exact) mass is 398 g/mol. The topological polar surface area (TPSA) is 65.8 Å². The molecule has 1 aliphatic carbocycles. The van der Waals surface area contributed by atoms with E-state index in [1.807, 2.05) is 24.3 Å². The molecule has 0 unspecified atom stereocenters. The van der Waals surface area contributed by atoms with Crippen LogP contribution in [0.25, 0.3) is 11.1 Å². The number of aromatic nitrogens is 4. The first kappa shape index (κ1) is 16.8. The predicted octanol–water partition coefficient (Wildman–Crippen LogP) is 3.97. The summed E-state index contributed by atoms with van der Waals surface area (Å²) in [6.45, 7) is 0.582. The Kier molecular flexibility index (Phi) is 4.37. The zero-order valence-electron chi connectivity index (χ0n) is 14.6. The van der Waals surface area contributed by atoms with Crippen LogP contribution in [0.2, 0.25) is 0 Å². The first-order valence-electron chi connectivity index (χ1n) is 8.97. The third-order valence-electron chi connectivity index (χ3n) is 4.68. The van der Waals surface area contributed by atoms with E-state index in [2.05, 4.69) is 32.3 Å². The Balaban J connectivity index is 1.33. The van der Waals surface area contributed by atoms with Gasteiger partial charge in [-0.05, 0) is 36.4 Å². The van der Waals surface area contributed by atoms with Crippen molar-refractivity contribution in [3.05, 3.63) is 63.0 Å². The summed E-state index contributed by atoms with van der Waals surface area (Å²) in [5, 5.41) is 11.9. The van der Waals surface area contributed by atoms with Gasteiger partial charge in [-0.15, -0.1) is 21.5 Å². The second kappa shape index (κ2) is 7.01. The summed E-state index contributed by atoms with van der Waals surface area (Å²) in [5.41, 5.74) is 1.47. The molecule has 0 amide bonds. The first-order valence-corrected chi connectivity index (χ1v) is 10.8. The summed E-state index contributed by atoms with van der Waals surface area (Å²) >= 11 is 3.41. The number of nitrogens with zero attached hydrogens (tertiary/aromatic N) is 4. The molecule has 0 N–H and O–H groups in total. The minimum atomic E-state index is -0.307. The number of hydrogen-bond acceptors (Lipinski definition) is 6. The molecule has 0 atom stereocenters. The van der Waals surface area contributed by atoms with Crippen molar-refractivity contribution in [2.75, 3.05) is 5.75 Å². The Morgan fingerprint density at radius 3 is 2.89 bits per heavy atom. The van der Waals surface area contributed by atoms with E-state index < -0.39 is 0 Å². The average molecular weight is 399 g/mol. The number of fused-ring (bicyclic) bond motifs is 1. The van der Waals surface area contributed by atoms with Gasteiger partial charge in [0.15, 0.2) is 10.7 Å². The quantitative estimate of drug-likeness (QED) is 0.441. The number of thiophene rings is 1. The minimum Gasteiger partial charge on any atom is -0.408 e. The summed E-state index contributed by atoms with van der Waals surface area (Å²) < 4.78 is 9.28. The molecule has 1 aromatic carbocycles. The first-order chi connectivity index (χ1) is 13.3. The van der Waals surface area contributed by atoms with Crippen molar-refractivity contribution in [2.24, 2.45) is 0 Å². The lowest BCUT2D eigenvalue weighted by Crippen LogP contribution is -2.15. The van der Waals surface area contributed by atoms with Crippen LogP contribution in [0.5, 0.6) is 0 Å². The Bertz CT molecular complexity index is 1120. The van der Waals surface area contributed by atoms with E-state index in [1.54, 1.807) is 27.7 Å². The highest BCUT2D eigenvalue weighted by Gasteiger charge is 2.29. The van der Waals surface area contributed by atoms with Crippen molar-refractivity contribution < 1.29 is 4.42 Å². The third-order valence-corrected chi connectivity index (χ3v) is 6.48. The Hall–Kier alpha value is -2.32. The third kappa shape index (κ3) is 3.35. The standard InChI is InChI=1S/C19H18N4O2S2/c24-19-22(15-5-1-2-6-16(15)25-19)9-11-27-18-21-20-17(23(18)13-7-8-13)12-14-4-3-10-26-14/h1-6,10,13H,7-9,11-12H2. The van der Waals surface area contributed by atoms with Gasteiger partial charge in [0.25, 0.3) is 0 Å². The Morgan fingerprint density at radius 2 is 2.07 bits per heavy atom. The number of thioether (sulfide) groups is 1. The molecule has 1 fully saturated rings. The number of aryl methyl sites for hydroxylation is 1. The molecule has 138 valence electrons. The summed E-state index contributed by atoms with van der Waals surface area (Å²) in [4.78, 5) is 13.4. The molecule has 0 bridgehead atoms. The van der Waals surface area contributed by atoms with E-state index in [1.165, 1.54) is 17.7 Å². The fourth-order valence-electron chi connectivity index (χ4n) is 3.25. The second-order valence-electron chi connectivity index (χ2n) is 6.59. The summed E-state index contributed by atoms with van der Waals surface area (Å²) in [6.07, 6.45) is 3.21. The molecule has 6 nitrogen and oxygen atoms in total. The normalized spacial score (nSPS) is 14.2. The molecule has 0 spiro atoms. The van der Waals surface area contributed by atoms with Crippen LogP contribution in [0.15, 0.2) is 56.1 Å². The van der Waals surface area contributed by atoms with Crippen LogP contribution in [0.4, 0.5) is 0 Å². The number of hydrogen-bond donors (Lipinski definition) is 0. The molecular weight excluding hydrogens is 380 g/mol. The average Bonchev–Trinajstić information content (AvgIpc) is 3.09. The van der Waals surface area contributed by atoms with Crippen molar-refractivity contribution in [3.63, 3.8) is 0 Å². The molecule has 1 saturated carbocycles. The SMILES string of the molecule is O=c1oc2ccccc2n1CCSc1nnc(Cc2cccs2)n1C1CC1. The lowest BCUT2D eigenvalue weighted by Gasteiger charge is -2.08. The summed E-state index contributed by atoms with van der Waals surface area (Å²) in [5.74, 6) is 1.47. The van der Waals surface area contributed by atoms with Crippen molar-refractivity contribution in [1.29, 1.82) is 0 Å². The van der Waals surface area contributed by atoms with Crippen LogP contribution in [0, 0.1) is 0 Å². The lowest BCUT2D eigenvalue weighted by molar-refractivity contribution is 0.514. The van der Waals surface area contributed by atoms with Gasteiger partial charge in [-0.25, -0.2) is 4.79 Å². The highest BCUT2D eigenvalue weighted by Crippen LogP contribution is 2.39. The van der Waals surface area contributed by atoms with E-state index in [4.69, 9.17) is 4.42 Å². The molecule has 3 aromatic heterocycles. The van der Waals surface area contributed by atoms with E-state index >= 15 is 0 Å². The highest BCUT2D eigenvalue weighted by atomic mass is 32.2. The van der Waals surface area contributed by atoms with Crippen molar-refractivity contribution in [1.82, 2.24) is 19.3 Å². The number of para-hydroxylation sites is 2. The zero-order chi connectivity index (χ0) is 18.2. The van der Waals surface area contributed by atoms with Crippen molar-refractivity contribution in [3.8, 4) is 0 Å². The lowest BCUT2D eigenvalue weighted by atomic mass is 10.3. The van der Waals surface area contributed by atoms with Crippen LogP contribution in [0.1, 0.15) is 29.6 Å². The molecule has 0 aliphatic heterocycles. The maximum atomic E-state index is 12.1. The molecule has 1 aliphatic rings. The van der Waals surface area contributed by atoms with Crippen LogP contribution in [0.3, 0.4) is 0 Å². The van der Waals surface area contributed by atoms with Crippen LogP contribution in [-0.2, 0) is 13.0 Å². The van der Waals surface area contributed by atoms with Gasteiger partial charge in [-0.1, -0.05) is 30.0 Å². The van der Waals surface area contributed by atoms with Crippen LogP contribution < -0.4 is 5.76 Å². The van der Waals surface area contributed by atoms with Gasteiger partial charge in [-0.3, -0.25) is 4.57 Å². The molecule has 4 aromatic rings. The molecule has 3 heterocycles. The molecule has 5 rings (SSSR count). The van der Waals surface area contributed by atoms with Crippen molar-refractivity contribution >= 4 is 34.2 Å². The maximum Gasteiger partial charge on any atom is 0.419 e. The number of rotatable bonds is 7.